The van der Waals surface area contributed by atoms with Crippen LogP contribution in [0.4, 0.5) is 0 Å². The largest absolute Gasteiger partial charge is 0.347 e. The summed E-state index contributed by atoms with van der Waals surface area (Å²) in [5.74, 6) is 0.747. The van der Waals surface area contributed by atoms with Crippen LogP contribution in [-0.2, 0) is 13.5 Å². The maximum atomic E-state index is 2.54. The summed E-state index contributed by atoms with van der Waals surface area (Å²) in [6.07, 6.45) is 4.84. The van der Waals surface area contributed by atoms with E-state index in [2.05, 4.69) is 60.8 Å². The number of hydrogen-bond donors (Lipinski definition) is 0. The molecule has 0 unspecified atom stereocenters. The fraction of sp³-hybridized carbons (Fsp3) is 0.444. The molecule has 2 bridgehead atoms. The summed E-state index contributed by atoms with van der Waals surface area (Å²) in [4.78, 5) is 2.54. The molecule has 2 atom stereocenters. The van der Waals surface area contributed by atoms with Crippen LogP contribution in [0.3, 0.4) is 0 Å². The monoisotopic (exact) mass is 266 g/mol. The normalized spacial score (nSPS) is 28.1. The number of allylic oxidation sites excluding steroid dienone is 1. The van der Waals surface area contributed by atoms with Crippen LogP contribution in [0.15, 0.2) is 35.9 Å². The number of fused-ring (bicyclic) bond motifs is 6. The second-order valence-corrected chi connectivity index (χ2v) is 6.37. The zero-order valence-electron chi connectivity index (χ0n) is 12.6. The molecule has 104 valence electrons. The van der Waals surface area contributed by atoms with Crippen LogP contribution in [0, 0.1) is 5.92 Å². The molecule has 1 aromatic carbocycles. The standard InChI is InChI=1S/C18H22N2/c1-4-12-11-19(2)16-9-13(12)10-17-18(16)14-7-5-6-8-15(14)20(17)3/h4-8,13,16H,9-11H2,1-3H3/b12-4+/t13-,16+/m0/s1. The van der Waals surface area contributed by atoms with Gasteiger partial charge in [-0.15, -0.1) is 0 Å². The average Bonchev–Trinajstić information content (AvgIpc) is 2.76. The summed E-state index contributed by atoms with van der Waals surface area (Å²) in [7, 11) is 4.51. The van der Waals surface area contributed by atoms with Gasteiger partial charge in [-0.25, -0.2) is 0 Å². The molecule has 1 saturated heterocycles. The van der Waals surface area contributed by atoms with E-state index in [1.807, 2.05) is 0 Å². The van der Waals surface area contributed by atoms with Crippen molar-refractivity contribution in [2.45, 2.75) is 25.8 Å². The van der Waals surface area contributed by atoms with Crippen LogP contribution in [0.25, 0.3) is 10.9 Å². The maximum Gasteiger partial charge on any atom is 0.0483 e. The minimum absolute atomic E-state index is 0.596. The second-order valence-electron chi connectivity index (χ2n) is 6.37. The minimum Gasteiger partial charge on any atom is -0.347 e. The Balaban J connectivity index is 1.98. The molecule has 2 aromatic rings. The molecule has 20 heavy (non-hydrogen) atoms. The van der Waals surface area contributed by atoms with Crippen molar-refractivity contribution in [3.05, 3.63) is 47.2 Å². The average molecular weight is 266 g/mol. The molecule has 2 nitrogen and oxygen atoms in total. The number of likely N-dealkylation sites (tertiary alicyclic amines) is 1. The molecule has 2 heteroatoms. The lowest BCUT2D eigenvalue weighted by molar-refractivity contribution is 0.173. The third-order valence-electron chi connectivity index (χ3n) is 5.41. The van der Waals surface area contributed by atoms with Gasteiger partial charge in [-0.3, -0.25) is 4.90 Å². The molecule has 1 aromatic heterocycles. The van der Waals surface area contributed by atoms with Crippen molar-refractivity contribution < 1.29 is 0 Å². The Kier molecular flexibility index (Phi) is 2.58. The SMILES string of the molecule is C/C=C1\CN(C)[C@@H]2C[C@H]1Cc1c2c2ccccc2n1C. The molecule has 1 fully saturated rings. The fourth-order valence-electron chi connectivity index (χ4n) is 4.34. The highest BCUT2D eigenvalue weighted by Crippen LogP contribution is 2.47. The van der Waals surface area contributed by atoms with Crippen molar-refractivity contribution in [1.29, 1.82) is 0 Å². The first kappa shape index (κ1) is 12.2. The van der Waals surface area contributed by atoms with Crippen LogP contribution in [0.1, 0.15) is 30.6 Å². The molecule has 0 spiro atoms. The molecular formula is C18H22N2. The Hall–Kier alpha value is -1.54. The fourth-order valence-corrected chi connectivity index (χ4v) is 4.34. The number of aromatic nitrogens is 1. The molecule has 1 aliphatic carbocycles. The molecule has 2 aliphatic rings. The van der Waals surface area contributed by atoms with Gasteiger partial charge in [0.15, 0.2) is 0 Å². The molecule has 0 amide bonds. The minimum atomic E-state index is 0.596. The number of likely N-dealkylation sites (N-methyl/N-ethyl adjacent to an activating group) is 1. The Labute approximate surface area is 120 Å². The lowest BCUT2D eigenvalue weighted by atomic mass is 9.75. The molecule has 1 aliphatic heterocycles. The number of hydrogen-bond acceptors (Lipinski definition) is 1. The first-order chi connectivity index (χ1) is 9.70. The van der Waals surface area contributed by atoms with Gasteiger partial charge in [0.05, 0.1) is 0 Å². The molecule has 0 saturated carbocycles. The van der Waals surface area contributed by atoms with E-state index in [9.17, 15) is 0 Å². The van der Waals surface area contributed by atoms with E-state index in [0.29, 0.717) is 6.04 Å². The van der Waals surface area contributed by atoms with E-state index < -0.39 is 0 Å². The summed E-state index contributed by atoms with van der Waals surface area (Å²) in [6, 6.07) is 9.48. The highest BCUT2D eigenvalue weighted by Gasteiger charge is 2.38. The molecule has 2 heterocycles. The highest BCUT2D eigenvalue weighted by atomic mass is 15.1. The Bertz CT molecular complexity index is 708. The lowest BCUT2D eigenvalue weighted by Crippen LogP contribution is -2.39. The van der Waals surface area contributed by atoms with Gasteiger partial charge in [0.1, 0.15) is 0 Å². The molecular weight excluding hydrogens is 244 g/mol. The quantitative estimate of drug-likeness (QED) is 0.660. The summed E-state index contributed by atoms with van der Waals surface area (Å²) in [6.45, 7) is 3.33. The number of nitrogens with zero attached hydrogens (tertiary/aromatic N) is 2. The van der Waals surface area contributed by atoms with Crippen LogP contribution < -0.4 is 0 Å². The summed E-state index contributed by atoms with van der Waals surface area (Å²) < 4.78 is 2.43. The Morgan fingerprint density at radius 3 is 2.80 bits per heavy atom. The van der Waals surface area contributed by atoms with Gasteiger partial charge in [0.25, 0.3) is 0 Å². The van der Waals surface area contributed by atoms with Crippen LogP contribution >= 0.6 is 0 Å². The zero-order chi connectivity index (χ0) is 13.9. The van der Waals surface area contributed by atoms with Crippen molar-refractivity contribution >= 4 is 10.9 Å². The molecule has 0 radical (unpaired) electrons. The van der Waals surface area contributed by atoms with Gasteiger partial charge in [-0.05, 0) is 44.4 Å². The number of para-hydroxylation sites is 1. The third-order valence-corrected chi connectivity index (χ3v) is 5.41. The maximum absolute atomic E-state index is 2.54. The Morgan fingerprint density at radius 1 is 1.20 bits per heavy atom. The van der Waals surface area contributed by atoms with Crippen LogP contribution in [0.2, 0.25) is 0 Å². The third kappa shape index (κ3) is 1.49. The Morgan fingerprint density at radius 2 is 2.00 bits per heavy atom. The topological polar surface area (TPSA) is 8.17 Å². The van der Waals surface area contributed by atoms with Gasteiger partial charge in [0.2, 0.25) is 0 Å². The first-order valence-corrected chi connectivity index (χ1v) is 7.62. The van der Waals surface area contributed by atoms with Crippen LogP contribution in [-0.4, -0.2) is 23.1 Å². The number of rotatable bonds is 0. The second kappa shape index (κ2) is 4.23. The van der Waals surface area contributed by atoms with E-state index >= 15 is 0 Å². The lowest BCUT2D eigenvalue weighted by Gasteiger charge is -2.43. The van der Waals surface area contributed by atoms with Crippen molar-refractivity contribution in [2.24, 2.45) is 13.0 Å². The number of benzene rings is 1. The summed E-state index contributed by atoms with van der Waals surface area (Å²) in [5, 5.41) is 1.46. The van der Waals surface area contributed by atoms with E-state index in [0.717, 1.165) is 12.5 Å². The zero-order valence-corrected chi connectivity index (χ0v) is 12.6. The van der Waals surface area contributed by atoms with Gasteiger partial charge < -0.3 is 4.57 Å². The smallest absolute Gasteiger partial charge is 0.0483 e. The van der Waals surface area contributed by atoms with Crippen molar-refractivity contribution in [3.63, 3.8) is 0 Å². The van der Waals surface area contributed by atoms with Gasteiger partial charge in [0, 0.05) is 36.2 Å². The van der Waals surface area contributed by atoms with Gasteiger partial charge in [-0.1, -0.05) is 29.8 Å². The highest BCUT2D eigenvalue weighted by molar-refractivity contribution is 5.86. The predicted molar refractivity (Wildman–Crippen MR) is 83.9 cm³/mol. The summed E-state index contributed by atoms with van der Waals surface area (Å²) >= 11 is 0. The van der Waals surface area contributed by atoms with Crippen molar-refractivity contribution in [1.82, 2.24) is 9.47 Å². The molecule has 4 rings (SSSR count). The van der Waals surface area contributed by atoms with E-state index in [4.69, 9.17) is 0 Å². The van der Waals surface area contributed by atoms with E-state index in [1.165, 1.54) is 23.7 Å². The predicted octanol–water partition coefficient (Wildman–Crippen LogP) is 3.67. The van der Waals surface area contributed by atoms with Crippen molar-refractivity contribution in [2.75, 3.05) is 13.6 Å². The van der Waals surface area contributed by atoms with E-state index in [-0.39, 0.29) is 0 Å². The van der Waals surface area contributed by atoms with Crippen molar-refractivity contribution in [3.8, 4) is 0 Å². The first-order valence-electron chi connectivity index (χ1n) is 7.62. The van der Waals surface area contributed by atoms with Crippen LogP contribution in [0.5, 0.6) is 0 Å². The molecule has 0 N–H and O–H groups in total. The van der Waals surface area contributed by atoms with Gasteiger partial charge in [-0.2, -0.15) is 0 Å². The number of piperidine rings is 1. The number of aryl methyl sites for hydroxylation is 1. The van der Waals surface area contributed by atoms with E-state index in [1.54, 1.807) is 16.8 Å². The summed E-state index contributed by atoms with van der Waals surface area (Å²) in [5.41, 5.74) is 6.16. The van der Waals surface area contributed by atoms with Gasteiger partial charge >= 0.3 is 0 Å².